The van der Waals surface area contributed by atoms with Gasteiger partial charge in [0, 0.05) is 46.7 Å². The highest BCUT2D eigenvalue weighted by Crippen LogP contribution is 2.31. The lowest BCUT2D eigenvalue weighted by Gasteiger charge is -2.31. The minimum absolute atomic E-state index is 0.0346. The molecule has 5 rings (SSSR count). The molecule has 2 amide bonds. The number of ether oxygens (including phenoxy) is 1. The van der Waals surface area contributed by atoms with Crippen LogP contribution in [0.3, 0.4) is 0 Å². The summed E-state index contributed by atoms with van der Waals surface area (Å²) in [4.78, 5) is 30.8. The molecule has 1 atom stereocenters. The van der Waals surface area contributed by atoms with Crippen LogP contribution in [0.4, 0.5) is 5.69 Å². The van der Waals surface area contributed by atoms with Gasteiger partial charge in [-0.25, -0.2) is 0 Å². The number of nitrogens with one attached hydrogen (secondary N) is 2. The third-order valence-electron chi connectivity index (χ3n) is 5.84. The first-order chi connectivity index (χ1) is 16.5. The summed E-state index contributed by atoms with van der Waals surface area (Å²) >= 11 is 7.24. The Hall–Kier alpha value is -3.43. The minimum Gasteiger partial charge on any atom is -0.497 e. The molecule has 1 saturated heterocycles. The van der Waals surface area contributed by atoms with Gasteiger partial charge in [0.05, 0.1) is 7.11 Å². The molecule has 1 aliphatic heterocycles. The molecule has 8 nitrogen and oxygen atoms in total. The van der Waals surface area contributed by atoms with Gasteiger partial charge < -0.3 is 19.9 Å². The van der Waals surface area contributed by atoms with Crippen molar-refractivity contribution in [2.24, 2.45) is 0 Å². The Balaban J connectivity index is 1.28. The van der Waals surface area contributed by atoms with Gasteiger partial charge in [-0.15, -0.1) is 10.2 Å². The van der Waals surface area contributed by atoms with Gasteiger partial charge >= 0.3 is 0 Å². The van der Waals surface area contributed by atoms with Crippen LogP contribution in [0, 0.1) is 0 Å². The van der Waals surface area contributed by atoms with Crippen molar-refractivity contribution in [1.82, 2.24) is 20.1 Å². The molecule has 0 saturated carbocycles. The van der Waals surface area contributed by atoms with E-state index in [4.69, 9.17) is 16.3 Å². The maximum Gasteiger partial charge on any atom is 0.286 e. The van der Waals surface area contributed by atoms with Crippen LogP contribution in [0.2, 0.25) is 5.02 Å². The van der Waals surface area contributed by atoms with Crippen LogP contribution in [0.5, 0.6) is 5.75 Å². The van der Waals surface area contributed by atoms with E-state index in [0.717, 1.165) is 34.5 Å². The Morgan fingerprint density at radius 1 is 1.21 bits per heavy atom. The number of H-pyrrole nitrogens is 1. The van der Waals surface area contributed by atoms with Gasteiger partial charge in [-0.05, 0) is 49.2 Å². The molecule has 4 aromatic rings. The first-order valence-electron chi connectivity index (χ1n) is 10.9. The van der Waals surface area contributed by atoms with E-state index in [9.17, 15) is 9.59 Å². The first-order valence-corrected chi connectivity index (χ1v) is 12.1. The van der Waals surface area contributed by atoms with Gasteiger partial charge in [-0.2, -0.15) is 0 Å². The number of piperidine rings is 1. The molecule has 0 unspecified atom stereocenters. The third kappa shape index (κ3) is 4.62. The molecule has 3 heterocycles. The standard InChI is InChI=1S/C24H22ClN5O3S/c1-33-18-8-7-14-10-20(27-19(14)12-18)24(32)30-9-3-4-15(13-30)22-28-29-23(34-22)21(31)26-17-6-2-5-16(25)11-17/h2,5-8,10-12,15,27H,3-4,9,13H2,1H3,(H,26,31)/t15-/m0/s1. The van der Waals surface area contributed by atoms with Crippen LogP contribution in [0.15, 0.2) is 48.5 Å². The summed E-state index contributed by atoms with van der Waals surface area (Å²) in [5.74, 6) is 0.386. The molecule has 174 valence electrons. The van der Waals surface area contributed by atoms with Gasteiger partial charge in [0.15, 0.2) is 0 Å². The number of amides is 2. The van der Waals surface area contributed by atoms with Crippen molar-refractivity contribution >= 4 is 51.3 Å². The van der Waals surface area contributed by atoms with E-state index in [1.54, 1.807) is 31.4 Å². The number of anilines is 1. The summed E-state index contributed by atoms with van der Waals surface area (Å²) in [6, 6.07) is 14.5. The van der Waals surface area contributed by atoms with Crippen LogP contribution in [0.1, 0.15) is 44.1 Å². The second-order valence-corrected chi connectivity index (χ2v) is 9.58. The zero-order valence-corrected chi connectivity index (χ0v) is 19.9. The fraction of sp³-hybridized carbons (Fsp3) is 0.250. The molecule has 2 N–H and O–H groups in total. The Labute approximate surface area is 204 Å². The first kappa shape index (κ1) is 22.4. The number of halogens is 1. The van der Waals surface area contributed by atoms with E-state index < -0.39 is 0 Å². The quantitative estimate of drug-likeness (QED) is 0.408. The van der Waals surface area contributed by atoms with Gasteiger partial charge in [-0.3, -0.25) is 9.59 Å². The molecule has 0 bridgehead atoms. The number of fused-ring (bicyclic) bond motifs is 1. The average Bonchev–Trinajstić information content (AvgIpc) is 3.51. The maximum absolute atomic E-state index is 13.2. The number of carbonyl (C=O) groups is 2. The zero-order valence-electron chi connectivity index (χ0n) is 18.4. The monoisotopic (exact) mass is 495 g/mol. The Morgan fingerprint density at radius 2 is 2.09 bits per heavy atom. The van der Waals surface area contributed by atoms with Crippen molar-refractivity contribution in [2.45, 2.75) is 18.8 Å². The predicted molar refractivity (Wildman–Crippen MR) is 132 cm³/mol. The minimum atomic E-state index is -0.330. The molecule has 2 aromatic carbocycles. The summed E-state index contributed by atoms with van der Waals surface area (Å²) in [6.45, 7) is 1.21. The highest BCUT2D eigenvalue weighted by atomic mass is 35.5. The second kappa shape index (κ2) is 9.44. The number of aromatic amines is 1. The Morgan fingerprint density at radius 3 is 2.91 bits per heavy atom. The van der Waals surface area contributed by atoms with Crippen molar-refractivity contribution in [3.8, 4) is 5.75 Å². The largest absolute Gasteiger partial charge is 0.497 e. The number of carbonyl (C=O) groups excluding carboxylic acids is 2. The lowest BCUT2D eigenvalue weighted by molar-refractivity contribution is 0.0701. The van der Waals surface area contributed by atoms with E-state index >= 15 is 0 Å². The zero-order chi connectivity index (χ0) is 23.7. The van der Waals surface area contributed by atoms with Crippen molar-refractivity contribution in [2.75, 3.05) is 25.5 Å². The van der Waals surface area contributed by atoms with Crippen LogP contribution < -0.4 is 10.1 Å². The summed E-state index contributed by atoms with van der Waals surface area (Å²) in [6.07, 6.45) is 1.74. The number of rotatable bonds is 5. The summed E-state index contributed by atoms with van der Waals surface area (Å²) in [5, 5.41) is 13.7. The summed E-state index contributed by atoms with van der Waals surface area (Å²) in [7, 11) is 1.61. The molecular weight excluding hydrogens is 474 g/mol. The van der Waals surface area contributed by atoms with E-state index in [-0.39, 0.29) is 22.7 Å². The van der Waals surface area contributed by atoms with Crippen molar-refractivity contribution in [3.63, 3.8) is 0 Å². The molecule has 0 aliphatic carbocycles. The highest BCUT2D eigenvalue weighted by molar-refractivity contribution is 7.13. The molecular formula is C24H22ClN5O3S. The normalized spacial score (nSPS) is 15.9. The smallest absolute Gasteiger partial charge is 0.286 e. The average molecular weight is 496 g/mol. The van der Waals surface area contributed by atoms with Gasteiger partial charge in [0.25, 0.3) is 11.8 Å². The second-order valence-electron chi connectivity index (χ2n) is 8.14. The van der Waals surface area contributed by atoms with E-state index in [1.807, 2.05) is 29.2 Å². The lowest BCUT2D eigenvalue weighted by atomic mass is 9.98. The molecule has 34 heavy (non-hydrogen) atoms. The van der Waals surface area contributed by atoms with Crippen molar-refractivity contribution < 1.29 is 14.3 Å². The number of nitrogens with zero attached hydrogens (tertiary/aromatic N) is 3. The number of hydrogen-bond donors (Lipinski definition) is 2. The Kier molecular flexibility index (Phi) is 6.21. The highest BCUT2D eigenvalue weighted by Gasteiger charge is 2.29. The molecule has 1 aliphatic rings. The lowest BCUT2D eigenvalue weighted by Crippen LogP contribution is -2.39. The molecule has 10 heteroatoms. The number of hydrogen-bond acceptors (Lipinski definition) is 6. The van der Waals surface area contributed by atoms with E-state index in [0.29, 0.717) is 29.5 Å². The van der Waals surface area contributed by atoms with Gasteiger partial charge in [0.1, 0.15) is 16.5 Å². The Bertz CT molecular complexity index is 1370. The molecule has 1 fully saturated rings. The fourth-order valence-corrected chi connectivity index (χ4v) is 5.18. The van der Waals surface area contributed by atoms with Crippen LogP contribution >= 0.6 is 22.9 Å². The summed E-state index contributed by atoms with van der Waals surface area (Å²) in [5.41, 5.74) is 2.00. The fourth-order valence-electron chi connectivity index (χ4n) is 4.12. The molecule has 0 radical (unpaired) electrons. The number of methoxy groups -OCH3 is 1. The maximum atomic E-state index is 13.2. The summed E-state index contributed by atoms with van der Waals surface area (Å²) < 4.78 is 5.27. The van der Waals surface area contributed by atoms with Crippen LogP contribution in [-0.2, 0) is 0 Å². The molecule has 2 aromatic heterocycles. The van der Waals surface area contributed by atoms with Crippen LogP contribution in [-0.4, -0.2) is 52.1 Å². The van der Waals surface area contributed by atoms with Gasteiger partial charge in [-0.1, -0.05) is 29.0 Å². The topological polar surface area (TPSA) is 100 Å². The van der Waals surface area contributed by atoms with Crippen molar-refractivity contribution in [3.05, 3.63) is 69.3 Å². The van der Waals surface area contributed by atoms with E-state index in [1.165, 1.54) is 11.3 Å². The predicted octanol–water partition coefficient (Wildman–Crippen LogP) is 4.95. The third-order valence-corrected chi connectivity index (χ3v) is 7.15. The number of aromatic nitrogens is 3. The SMILES string of the molecule is COc1ccc2cc(C(=O)N3CCC[C@H](c4nnc(C(=O)Nc5cccc(Cl)c5)s4)C3)[nH]c2c1. The van der Waals surface area contributed by atoms with Gasteiger partial charge in [0.2, 0.25) is 5.01 Å². The van der Waals surface area contributed by atoms with E-state index in [2.05, 4.69) is 20.5 Å². The number of likely N-dealkylation sites (tertiary alicyclic amines) is 1. The number of benzene rings is 2. The van der Waals surface area contributed by atoms with Crippen molar-refractivity contribution in [1.29, 1.82) is 0 Å². The van der Waals surface area contributed by atoms with Crippen LogP contribution in [0.25, 0.3) is 10.9 Å². The molecule has 0 spiro atoms.